The van der Waals surface area contributed by atoms with E-state index < -0.39 is 6.10 Å². The molecule has 0 saturated carbocycles. The molecule has 19 heavy (non-hydrogen) atoms. The maximum atomic E-state index is 10.3. The summed E-state index contributed by atoms with van der Waals surface area (Å²) < 4.78 is 0. The van der Waals surface area contributed by atoms with Gasteiger partial charge in [0, 0.05) is 21.1 Å². The van der Waals surface area contributed by atoms with Gasteiger partial charge in [-0.05, 0) is 42.0 Å². The summed E-state index contributed by atoms with van der Waals surface area (Å²) in [5.41, 5.74) is 1.01. The second-order valence-corrected chi connectivity index (χ2v) is 7.03. The van der Waals surface area contributed by atoms with Crippen LogP contribution in [0.15, 0.2) is 41.3 Å². The minimum atomic E-state index is -0.399. The fraction of sp³-hybridized carbons (Fsp3) is 0.375. The monoisotopic (exact) mass is 292 g/mol. The molecule has 3 heteroatoms. The average molecular weight is 292 g/mol. The largest absolute Gasteiger partial charge is 0.388 e. The molecule has 2 aromatic rings. The number of thioether (sulfide) groups is 1. The van der Waals surface area contributed by atoms with Gasteiger partial charge in [-0.25, -0.2) is 0 Å². The molecule has 102 valence electrons. The van der Waals surface area contributed by atoms with E-state index in [1.54, 1.807) is 11.3 Å². The molecule has 1 unspecified atom stereocenters. The van der Waals surface area contributed by atoms with Crippen LogP contribution in [0.1, 0.15) is 35.3 Å². The van der Waals surface area contributed by atoms with Crippen LogP contribution >= 0.6 is 23.1 Å². The quantitative estimate of drug-likeness (QED) is 0.779. The Labute approximate surface area is 123 Å². The highest BCUT2D eigenvalue weighted by Crippen LogP contribution is 2.26. The van der Waals surface area contributed by atoms with Crippen molar-refractivity contribution in [2.24, 2.45) is 0 Å². The lowest BCUT2D eigenvalue weighted by Gasteiger charge is -2.10. The zero-order valence-corrected chi connectivity index (χ0v) is 13.1. The van der Waals surface area contributed by atoms with Gasteiger partial charge in [-0.3, -0.25) is 0 Å². The third-order valence-corrected chi connectivity index (χ3v) is 5.18. The highest BCUT2D eigenvalue weighted by atomic mass is 32.2. The SMILES string of the molecule is CCSc1ccc(C(O)Cc2ccc(CC)s2)cc1. The Morgan fingerprint density at radius 1 is 1.05 bits per heavy atom. The van der Waals surface area contributed by atoms with Gasteiger partial charge in [-0.15, -0.1) is 23.1 Å². The van der Waals surface area contributed by atoms with E-state index in [4.69, 9.17) is 0 Å². The van der Waals surface area contributed by atoms with E-state index in [0.29, 0.717) is 6.42 Å². The van der Waals surface area contributed by atoms with E-state index in [2.05, 4.69) is 38.1 Å². The average Bonchev–Trinajstić information content (AvgIpc) is 2.87. The molecule has 0 radical (unpaired) electrons. The minimum Gasteiger partial charge on any atom is -0.388 e. The molecular weight excluding hydrogens is 272 g/mol. The van der Waals surface area contributed by atoms with Gasteiger partial charge < -0.3 is 5.11 Å². The number of hydrogen-bond acceptors (Lipinski definition) is 3. The molecule has 2 rings (SSSR count). The number of aryl methyl sites for hydroxylation is 1. The summed E-state index contributed by atoms with van der Waals surface area (Å²) in [6.45, 7) is 4.31. The first-order chi connectivity index (χ1) is 9.22. The van der Waals surface area contributed by atoms with Gasteiger partial charge >= 0.3 is 0 Å². The molecule has 1 heterocycles. The highest BCUT2D eigenvalue weighted by Gasteiger charge is 2.10. The molecule has 0 aliphatic carbocycles. The van der Waals surface area contributed by atoms with Crippen LogP contribution in [0.3, 0.4) is 0 Å². The zero-order chi connectivity index (χ0) is 13.7. The van der Waals surface area contributed by atoms with E-state index in [1.165, 1.54) is 14.6 Å². The van der Waals surface area contributed by atoms with Crippen molar-refractivity contribution in [2.45, 2.75) is 37.7 Å². The summed E-state index contributed by atoms with van der Waals surface area (Å²) in [5, 5.41) is 10.3. The summed E-state index contributed by atoms with van der Waals surface area (Å²) in [6, 6.07) is 12.6. The van der Waals surface area contributed by atoms with Crippen LogP contribution in [0.4, 0.5) is 0 Å². The summed E-state index contributed by atoms with van der Waals surface area (Å²) >= 11 is 3.63. The van der Waals surface area contributed by atoms with Crippen molar-refractivity contribution in [3.63, 3.8) is 0 Å². The summed E-state index contributed by atoms with van der Waals surface area (Å²) in [5.74, 6) is 1.08. The first-order valence-corrected chi connectivity index (χ1v) is 8.51. The van der Waals surface area contributed by atoms with Gasteiger partial charge in [0.05, 0.1) is 6.10 Å². The van der Waals surface area contributed by atoms with Crippen LogP contribution in [0, 0.1) is 0 Å². The molecule has 1 N–H and O–H groups in total. The molecule has 0 spiro atoms. The van der Waals surface area contributed by atoms with Crippen molar-refractivity contribution in [3.05, 3.63) is 51.7 Å². The van der Waals surface area contributed by atoms with Gasteiger partial charge in [0.2, 0.25) is 0 Å². The van der Waals surface area contributed by atoms with Crippen molar-refractivity contribution >= 4 is 23.1 Å². The van der Waals surface area contributed by atoms with Gasteiger partial charge in [0.1, 0.15) is 0 Å². The number of benzene rings is 1. The zero-order valence-electron chi connectivity index (χ0n) is 11.4. The van der Waals surface area contributed by atoms with Crippen LogP contribution in [0.25, 0.3) is 0 Å². The summed E-state index contributed by atoms with van der Waals surface area (Å²) in [6.07, 6.45) is 1.39. The Balaban J connectivity index is 2.00. The molecule has 0 aliphatic rings. The minimum absolute atomic E-state index is 0.399. The Kier molecular flexibility index (Phi) is 5.49. The lowest BCUT2D eigenvalue weighted by atomic mass is 10.1. The van der Waals surface area contributed by atoms with E-state index in [1.807, 2.05) is 23.9 Å². The predicted molar refractivity (Wildman–Crippen MR) is 85.2 cm³/mol. The fourth-order valence-corrected chi connectivity index (χ4v) is 3.64. The van der Waals surface area contributed by atoms with Crippen molar-refractivity contribution < 1.29 is 5.11 Å². The molecule has 0 bridgehead atoms. The normalized spacial score (nSPS) is 12.6. The molecule has 1 aromatic heterocycles. The van der Waals surface area contributed by atoms with Crippen LogP contribution < -0.4 is 0 Å². The molecule has 0 amide bonds. The van der Waals surface area contributed by atoms with Crippen LogP contribution in [0.2, 0.25) is 0 Å². The first kappa shape index (κ1) is 14.6. The van der Waals surface area contributed by atoms with Gasteiger partial charge in [0.25, 0.3) is 0 Å². The second-order valence-electron chi connectivity index (χ2n) is 4.44. The standard InChI is InChI=1S/C16H20OS2/c1-3-13-9-10-15(19-13)11-16(17)12-5-7-14(8-6-12)18-4-2/h5-10,16-17H,3-4,11H2,1-2H3. The van der Waals surface area contributed by atoms with E-state index in [-0.39, 0.29) is 0 Å². The van der Waals surface area contributed by atoms with Crippen molar-refractivity contribution in [3.8, 4) is 0 Å². The molecular formula is C16H20OS2. The molecule has 1 nitrogen and oxygen atoms in total. The Morgan fingerprint density at radius 2 is 1.74 bits per heavy atom. The van der Waals surface area contributed by atoms with E-state index in [9.17, 15) is 5.11 Å². The highest BCUT2D eigenvalue weighted by molar-refractivity contribution is 7.99. The maximum absolute atomic E-state index is 10.3. The topological polar surface area (TPSA) is 20.2 Å². The van der Waals surface area contributed by atoms with Gasteiger partial charge in [-0.2, -0.15) is 0 Å². The molecule has 1 atom stereocenters. The Bertz CT molecular complexity index is 502. The number of aliphatic hydroxyl groups is 1. The maximum Gasteiger partial charge on any atom is 0.0838 e. The van der Waals surface area contributed by atoms with E-state index in [0.717, 1.165) is 17.7 Å². The van der Waals surface area contributed by atoms with Crippen molar-refractivity contribution in [2.75, 3.05) is 5.75 Å². The lowest BCUT2D eigenvalue weighted by Crippen LogP contribution is -2.00. The third-order valence-electron chi connectivity index (χ3n) is 3.04. The third kappa shape index (κ3) is 4.10. The Hall–Kier alpha value is -0.770. The molecule has 1 aromatic carbocycles. The first-order valence-electron chi connectivity index (χ1n) is 6.71. The number of rotatable bonds is 6. The summed E-state index contributed by atoms with van der Waals surface area (Å²) in [7, 11) is 0. The molecule has 0 fully saturated rings. The van der Waals surface area contributed by atoms with Crippen molar-refractivity contribution in [1.29, 1.82) is 0 Å². The predicted octanol–water partition coefficient (Wildman–Crippen LogP) is 4.70. The van der Waals surface area contributed by atoms with Gasteiger partial charge in [0.15, 0.2) is 0 Å². The molecule has 0 saturated heterocycles. The van der Waals surface area contributed by atoms with Crippen molar-refractivity contribution in [1.82, 2.24) is 0 Å². The molecule has 0 aliphatic heterocycles. The number of thiophene rings is 1. The van der Waals surface area contributed by atoms with Crippen LogP contribution in [-0.4, -0.2) is 10.9 Å². The fourth-order valence-electron chi connectivity index (χ4n) is 1.98. The number of aliphatic hydroxyl groups excluding tert-OH is 1. The van der Waals surface area contributed by atoms with Gasteiger partial charge in [-0.1, -0.05) is 26.0 Å². The second kappa shape index (κ2) is 7.13. The Morgan fingerprint density at radius 3 is 2.32 bits per heavy atom. The van der Waals surface area contributed by atoms with Crippen LogP contribution in [-0.2, 0) is 12.8 Å². The summed E-state index contributed by atoms with van der Waals surface area (Å²) in [4.78, 5) is 3.91. The van der Waals surface area contributed by atoms with E-state index >= 15 is 0 Å². The number of hydrogen-bond donors (Lipinski definition) is 1. The lowest BCUT2D eigenvalue weighted by molar-refractivity contribution is 0.179. The smallest absolute Gasteiger partial charge is 0.0838 e. The van der Waals surface area contributed by atoms with Crippen LogP contribution in [0.5, 0.6) is 0 Å².